The summed E-state index contributed by atoms with van der Waals surface area (Å²) >= 11 is 0. The minimum absolute atomic E-state index is 0.334. The van der Waals surface area contributed by atoms with E-state index in [1.165, 1.54) is 18.7 Å². The summed E-state index contributed by atoms with van der Waals surface area (Å²) in [6.07, 6.45) is 4.41. The lowest BCUT2D eigenvalue weighted by atomic mass is 10.0. The summed E-state index contributed by atoms with van der Waals surface area (Å²) in [7, 11) is 1.58. The van der Waals surface area contributed by atoms with Crippen LogP contribution in [-0.4, -0.2) is 33.0 Å². The quantitative estimate of drug-likeness (QED) is 0.592. The van der Waals surface area contributed by atoms with Crippen LogP contribution in [0.25, 0.3) is 22.2 Å². The smallest absolute Gasteiger partial charge is 0.274 e. The van der Waals surface area contributed by atoms with Gasteiger partial charge in [0, 0.05) is 5.56 Å². The maximum atomic E-state index is 12.2. The van der Waals surface area contributed by atoms with Gasteiger partial charge in [0.2, 0.25) is 0 Å². The summed E-state index contributed by atoms with van der Waals surface area (Å²) in [4.78, 5) is 27.8. The highest BCUT2D eigenvalue weighted by Gasteiger charge is 2.14. The molecular weight excluding hydrogens is 330 g/mol. The first-order valence-corrected chi connectivity index (χ1v) is 7.95. The number of nitrogens with zero attached hydrogens (tertiary/aromatic N) is 3. The topological polar surface area (TPSA) is 92.8 Å². The molecule has 1 amide bonds. The van der Waals surface area contributed by atoms with Gasteiger partial charge in [-0.25, -0.2) is 15.0 Å². The number of fused-ring (bicyclic) bond motifs is 1. The zero-order chi connectivity index (χ0) is 17.9. The minimum Gasteiger partial charge on any atom is -0.494 e. The van der Waals surface area contributed by atoms with Crippen LogP contribution in [0.5, 0.6) is 5.75 Å². The molecule has 4 rings (SSSR count). The number of benzene rings is 2. The molecule has 0 saturated carbocycles. The fourth-order valence-corrected chi connectivity index (χ4v) is 2.71. The highest BCUT2D eigenvalue weighted by Crippen LogP contribution is 2.32. The van der Waals surface area contributed by atoms with E-state index in [0.29, 0.717) is 28.3 Å². The van der Waals surface area contributed by atoms with Gasteiger partial charge in [0.1, 0.15) is 22.5 Å². The Hall–Kier alpha value is -3.74. The van der Waals surface area contributed by atoms with Crippen molar-refractivity contribution < 1.29 is 9.53 Å². The van der Waals surface area contributed by atoms with Gasteiger partial charge in [-0.15, -0.1) is 0 Å². The fraction of sp³-hybridized carbons (Fsp3) is 0.0526. The van der Waals surface area contributed by atoms with Gasteiger partial charge in [0.15, 0.2) is 5.82 Å². The third-order valence-corrected chi connectivity index (χ3v) is 3.95. The number of H-pyrrole nitrogens is 1. The standard InChI is InChI=1S/C19H15N5O2/c1-26-15-8-7-13(12-5-3-2-4-6-12)17-18(15)23-16(10-21-17)24-19(25)14-9-20-11-22-14/h2-11H,1H3,(H,20,22)(H,23,24,25). The largest absolute Gasteiger partial charge is 0.494 e. The zero-order valence-electron chi connectivity index (χ0n) is 13.9. The Labute approximate surface area is 149 Å². The van der Waals surface area contributed by atoms with Gasteiger partial charge in [0.25, 0.3) is 5.91 Å². The second-order valence-electron chi connectivity index (χ2n) is 5.55. The average Bonchev–Trinajstić information content (AvgIpc) is 3.23. The highest BCUT2D eigenvalue weighted by atomic mass is 16.5. The predicted octanol–water partition coefficient (Wildman–Crippen LogP) is 3.28. The van der Waals surface area contributed by atoms with E-state index in [9.17, 15) is 4.79 Å². The van der Waals surface area contributed by atoms with Gasteiger partial charge in [0.05, 0.1) is 25.8 Å². The molecule has 0 radical (unpaired) electrons. The number of carbonyl (C=O) groups excluding carboxylic acids is 1. The molecular formula is C19H15N5O2. The van der Waals surface area contributed by atoms with Gasteiger partial charge < -0.3 is 15.0 Å². The summed E-state index contributed by atoms with van der Waals surface area (Å²) in [5, 5.41) is 2.71. The van der Waals surface area contributed by atoms with E-state index in [0.717, 1.165) is 11.1 Å². The molecule has 0 aliphatic rings. The lowest BCUT2D eigenvalue weighted by Gasteiger charge is -2.11. The number of hydrogen-bond acceptors (Lipinski definition) is 5. The first-order chi connectivity index (χ1) is 12.8. The van der Waals surface area contributed by atoms with E-state index >= 15 is 0 Å². The number of ether oxygens (including phenoxy) is 1. The molecule has 26 heavy (non-hydrogen) atoms. The first-order valence-electron chi connectivity index (χ1n) is 7.95. The second kappa shape index (κ2) is 6.64. The van der Waals surface area contributed by atoms with Crippen LogP contribution in [-0.2, 0) is 0 Å². The predicted molar refractivity (Wildman–Crippen MR) is 98.1 cm³/mol. The van der Waals surface area contributed by atoms with Crippen LogP contribution in [0.3, 0.4) is 0 Å². The van der Waals surface area contributed by atoms with Gasteiger partial charge in [-0.1, -0.05) is 30.3 Å². The maximum absolute atomic E-state index is 12.2. The van der Waals surface area contributed by atoms with Crippen molar-refractivity contribution in [3.63, 3.8) is 0 Å². The summed E-state index contributed by atoms with van der Waals surface area (Å²) < 4.78 is 5.42. The zero-order valence-corrected chi connectivity index (χ0v) is 13.9. The Balaban J connectivity index is 1.78. The van der Waals surface area contributed by atoms with Gasteiger partial charge in [-0.3, -0.25) is 4.79 Å². The molecule has 0 fully saturated rings. The number of carbonyl (C=O) groups is 1. The van der Waals surface area contributed by atoms with Crippen molar-refractivity contribution in [3.05, 3.63) is 66.9 Å². The van der Waals surface area contributed by atoms with Crippen molar-refractivity contribution in [1.29, 1.82) is 0 Å². The summed E-state index contributed by atoms with van der Waals surface area (Å²) in [6.45, 7) is 0. The molecule has 0 aliphatic heterocycles. The Morgan fingerprint density at radius 2 is 1.92 bits per heavy atom. The van der Waals surface area contributed by atoms with E-state index in [2.05, 4.69) is 25.3 Å². The van der Waals surface area contributed by atoms with Crippen LogP contribution in [0.1, 0.15) is 10.5 Å². The number of aromatic nitrogens is 4. The number of anilines is 1. The summed E-state index contributed by atoms with van der Waals surface area (Å²) in [5.74, 6) is 0.583. The van der Waals surface area contributed by atoms with Gasteiger partial charge in [-0.05, 0) is 17.7 Å². The molecule has 2 aromatic heterocycles. The third kappa shape index (κ3) is 2.86. The molecule has 2 heterocycles. The maximum Gasteiger partial charge on any atom is 0.274 e. The van der Waals surface area contributed by atoms with Gasteiger partial charge >= 0.3 is 0 Å². The molecule has 7 heteroatoms. The summed E-state index contributed by atoms with van der Waals surface area (Å²) in [5.41, 5.74) is 3.60. The van der Waals surface area contributed by atoms with E-state index in [4.69, 9.17) is 4.74 Å². The van der Waals surface area contributed by atoms with Crippen molar-refractivity contribution in [2.75, 3.05) is 12.4 Å². The molecule has 4 aromatic rings. The van der Waals surface area contributed by atoms with E-state index in [1.807, 2.05) is 42.5 Å². The SMILES string of the molecule is COc1ccc(-c2ccccc2)c2ncc(NC(=O)c3cnc[nH]3)nc12. The van der Waals surface area contributed by atoms with Crippen LogP contribution >= 0.6 is 0 Å². The Kier molecular flexibility index (Phi) is 4.03. The monoisotopic (exact) mass is 345 g/mol. The molecule has 0 atom stereocenters. The Morgan fingerprint density at radius 3 is 2.65 bits per heavy atom. The lowest BCUT2D eigenvalue weighted by molar-refractivity contribution is 0.102. The molecule has 0 bridgehead atoms. The van der Waals surface area contributed by atoms with Crippen molar-refractivity contribution in [1.82, 2.24) is 19.9 Å². The number of hydrogen-bond donors (Lipinski definition) is 2. The van der Waals surface area contributed by atoms with Crippen molar-refractivity contribution in [2.45, 2.75) is 0 Å². The fourth-order valence-electron chi connectivity index (χ4n) is 2.71. The van der Waals surface area contributed by atoms with Crippen LogP contribution in [0.4, 0.5) is 5.82 Å². The molecule has 128 valence electrons. The first kappa shape index (κ1) is 15.8. The number of methoxy groups -OCH3 is 1. The van der Waals surface area contributed by atoms with Crippen molar-refractivity contribution in [2.24, 2.45) is 0 Å². The summed E-state index contributed by atoms with van der Waals surface area (Å²) in [6, 6.07) is 13.7. The van der Waals surface area contributed by atoms with E-state index in [-0.39, 0.29) is 5.91 Å². The molecule has 0 saturated heterocycles. The number of imidazole rings is 1. The molecule has 7 nitrogen and oxygen atoms in total. The van der Waals surface area contributed by atoms with Crippen molar-refractivity contribution >= 4 is 22.8 Å². The Bertz CT molecular complexity index is 1060. The highest BCUT2D eigenvalue weighted by molar-refractivity contribution is 6.03. The molecule has 0 aliphatic carbocycles. The molecule has 0 spiro atoms. The lowest BCUT2D eigenvalue weighted by Crippen LogP contribution is -2.13. The number of rotatable bonds is 4. The van der Waals surface area contributed by atoms with Gasteiger partial charge in [-0.2, -0.15) is 0 Å². The number of aromatic amines is 1. The van der Waals surface area contributed by atoms with E-state index in [1.54, 1.807) is 7.11 Å². The normalized spacial score (nSPS) is 10.7. The second-order valence-corrected chi connectivity index (χ2v) is 5.55. The van der Waals surface area contributed by atoms with Crippen LogP contribution in [0.15, 0.2) is 61.2 Å². The third-order valence-electron chi connectivity index (χ3n) is 3.95. The Morgan fingerprint density at radius 1 is 1.08 bits per heavy atom. The molecule has 2 aromatic carbocycles. The van der Waals surface area contributed by atoms with Crippen molar-refractivity contribution in [3.8, 4) is 16.9 Å². The minimum atomic E-state index is -0.339. The molecule has 2 N–H and O–H groups in total. The average molecular weight is 345 g/mol. The van der Waals surface area contributed by atoms with E-state index < -0.39 is 0 Å². The molecule has 0 unspecified atom stereocenters. The number of amides is 1. The number of nitrogens with one attached hydrogen (secondary N) is 2. The van der Waals surface area contributed by atoms with Crippen LogP contribution in [0.2, 0.25) is 0 Å². The van der Waals surface area contributed by atoms with Crippen LogP contribution < -0.4 is 10.1 Å². The van der Waals surface area contributed by atoms with Crippen LogP contribution in [0, 0.1) is 0 Å².